The Morgan fingerprint density at radius 2 is 1.74 bits per heavy atom. The molecule has 2 aromatic rings. The summed E-state index contributed by atoms with van der Waals surface area (Å²) in [6, 6.07) is 10.1. The third kappa shape index (κ3) is 4.00. The number of benzene rings is 2. The Labute approximate surface area is 180 Å². The molecule has 0 atom stereocenters. The van der Waals surface area contributed by atoms with Gasteiger partial charge in [0, 0.05) is 54.7 Å². The number of carbonyl (C=O) groups excluding carboxylic acids is 1. The van der Waals surface area contributed by atoms with E-state index in [1.54, 1.807) is 0 Å². The fourth-order valence-electron chi connectivity index (χ4n) is 5.14. The van der Waals surface area contributed by atoms with Gasteiger partial charge in [0.15, 0.2) is 0 Å². The molecule has 4 nitrogen and oxygen atoms in total. The van der Waals surface area contributed by atoms with Gasteiger partial charge in [-0.1, -0.05) is 18.6 Å². The lowest BCUT2D eigenvalue weighted by atomic mass is 9.85. The van der Waals surface area contributed by atoms with Crippen LogP contribution in [0.3, 0.4) is 0 Å². The normalized spacial score (nSPS) is 20.4. The Kier molecular flexibility index (Phi) is 5.32. The van der Waals surface area contributed by atoms with E-state index in [4.69, 9.17) is 0 Å². The van der Waals surface area contributed by atoms with E-state index >= 15 is 0 Å². The monoisotopic (exact) mass is 431 g/mol. The molecule has 0 spiro atoms. The molecule has 0 bridgehead atoms. The first-order valence-corrected chi connectivity index (χ1v) is 11.3. The molecule has 7 heteroatoms. The van der Waals surface area contributed by atoms with Crippen molar-refractivity contribution in [2.45, 2.75) is 38.3 Å². The molecular formula is C24H28F3N3O. The van der Waals surface area contributed by atoms with Crippen molar-refractivity contribution in [3.63, 3.8) is 0 Å². The van der Waals surface area contributed by atoms with Gasteiger partial charge in [-0.25, -0.2) is 0 Å². The standard InChI is InChI=1S/C24H28F3N3O/c25-24(26,27)10-13-28-11-3-12-29(15-14-28)20-8-9-21-22-18(20)6-2-7-19(22)23(31)30(21)16-17-4-1-5-17/h2,6-9,17H,1,3-5,10-16H2. The van der Waals surface area contributed by atoms with Crippen molar-refractivity contribution in [1.29, 1.82) is 0 Å². The molecule has 2 aliphatic heterocycles. The molecule has 1 saturated heterocycles. The number of anilines is 2. The highest BCUT2D eigenvalue weighted by molar-refractivity contribution is 6.26. The first kappa shape index (κ1) is 20.6. The number of hydrogen-bond donors (Lipinski definition) is 0. The second-order valence-electron chi connectivity index (χ2n) is 9.09. The van der Waals surface area contributed by atoms with E-state index in [0.29, 0.717) is 25.6 Å². The van der Waals surface area contributed by atoms with Crippen LogP contribution in [-0.4, -0.2) is 56.3 Å². The molecule has 2 heterocycles. The highest BCUT2D eigenvalue weighted by atomic mass is 19.4. The highest BCUT2D eigenvalue weighted by Crippen LogP contribution is 2.43. The van der Waals surface area contributed by atoms with E-state index in [0.717, 1.165) is 47.2 Å². The van der Waals surface area contributed by atoms with Crippen LogP contribution in [0.15, 0.2) is 30.3 Å². The van der Waals surface area contributed by atoms with E-state index < -0.39 is 12.6 Å². The number of halogens is 3. The van der Waals surface area contributed by atoms with Crippen LogP contribution in [0.1, 0.15) is 42.5 Å². The molecule has 166 valence electrons. The third-order valence-corrected chi connectivity index (χ3v) is 7.07. The van der Waals surface area contributed by atoms with Gasteiger partial charge < -0.3 is 14.7 Å². The Morgan fingerprint density at radius 1 is 0.935 bits per heavy atom. The second-order valence-corrected chi connectivity index (χ2v) is 9.09. The topological polar surface area (TPSA) is 26.8 Å². The zero-order valence-corrected chi connectivity index (χ0v) is 17.6. The van der Waals surface area contributed by atoms with Gasteiger partial charge in [0.2, 0.25) is 0 Å². The molecule has 1 aliphatic carbocycles. The lowest BCUT2D eigenvalue weighted by Gasteiger charge is -2.31. The number of nitrogens with zero attached hydrogens (tertiary/aromatic N) is 3. The summed E-state index contributed by atoms with van der Waals surface area (Å²) >= 11 is 0. The average molecular weight is 432 g/mol. The number of carbonyl (C=O) groups is 1. The number of alkyl halides is 3. The largest absolute Gasteiger partial charge is 0.390 e. The van der Waals surface area contributed by atoms with Crippen LogP contribution in [0.4, 0.5) is 24.5 Å². The van der Waals surface area contributed by atoms with Gasteiger partial charge in [-0.15, -0.1) is 0 Å². The molecule has 5 rings (SSSR count). The first-order chi connectivity index (χ1) is 14.9. The lowest BCUT2D eigenvalue weighted by Crippen LogP contribution is -2.34. The molecule has 0 aromatic heterocycles. The van der Waals surface area contributed by atoms with E-state index in [-0.39, 0.29) is 12.5 Å². The highest BCUT2D eigenvalue weighted by Gasteiger charge is 2.34. The van der Waals surface area contributed by atoms with Crippen LogP contribution in [0.25, 0.3) is 10.8 Å². The van der Waals surface area contributed by atoms with Crippen LogP contribution in [0.5, 0.6) is 0 Å². The summed E-state index contributed by atoms with van der Waals surface area (Å²) in [5.41, 5.74) is 2.86. The summed E-state index contributed by atoms with van der Waals surface area (Å²) in [6.07, 6.45) is -0.398. The molecule has 2 aromatic carbocycles. The van der Waals surface area contributed by atoms with Gasteiger partial charge in [-0.05, 0) is 49.9 Å². The Hall–Kier alpha value is -2.28. The van der Waals surface area contributed by atoms with Crippen molar-refractivity contribution in [2.24, 2.45) is 5.92 Å². The third-order valence-electron chi connectivity index (χ3n) is 7.07. The van der Waals surface area contributed by atoms with Gasteiger partial charge in [-0.3, -0.25) is 4.79 Å². The minimum Gasteiger partial charge on any atom is -0.370 e. The summed E-state index contributed by atoms with van der Waals surface area (Å²) < 4.78 is 37.8. The maximum atomic E-state index is 13.1. The zero-order chi connectivity index (χ0) is 21.6. The van der Waals surface area contributed by atoms with Crippen LogP contribution < -0.4 is 9.80 Å². The summed E-state index contributed by atoms with van der Waals surface area (Å²) in [5, 5.41) is 2.10. The van der Waals surface area contributed by atoms with Crippen LogP contribution in [-0.2, 0) is 0 Å². The Morgan fingerprint density at radius 3 is 2.48 bits per heavy atom. The SMILES string of the molecule is O=C1c2cccc3c(N4CCCN(CCC(F)(F)F)CC4)ccc(c23)N1CC1CCC1. The van der Waals surface area contributed by atoms with Gasteiger partial charge in [-0.2, -0.15) is 13.2 Å². The summed E-state index contributed by atoms with van der Waals surface area (Å²) in [5.74, 6) is 0.695. The molecule has 0 unspecified atom stereocenters. The van der Waals surface area contributed by atoms with Gasteiger partial charge in [0.25, 0.3) is 5.91 Å². The quantitative estimate of drug-likeness (QED) is 0.662. The molecule has 0 radical (unpaired) electrons. The molecular weight excluding hydrogens is 403 g/mol. The van der Waals surface area contributed by atoms with Crippen LogP contribution >= 0.6 is 0 Å². The zero-order valence-electron chi connectivity index (χ0n) is 17.6. The fraction of sp³-hybridized carbons (Fsp3) is 0.542. The predicted octanol–water partition coefficient (Wildman–Crippen LogP) is 5.06. The smallest absolute Gasteiger partial charge is 0.370 e. The molecule has 31 heavy (non-hydrogen) atoms. The number of hydrogen-bond acceptors (Lipinski definition) is 3. The average Bonchev–Trinajstić information content (AvgIpc) is 2.85. The van der Waals surface area contributed by atoms with Crippen LogP contribution in [0.2, 0.25) is 0 Å². The van der Waals surface area contributed by atoms with Gasteiger partial charge in [0.1, 0.15) is 0 Å². The fourth-order valence-corrected chi connectivity index (χ4v) is 5.14. The van der Waals surface area contributed by atoms with Gasteiger partial charge in [0.05, 0.1) is 12.1 Å². The minimum atomic E-state index is -4.11. The van der Waals surface area contributed by atoms with E-state index in [1.165, 1.54) is 19.3 Å². The second kappa shape index (κ2) is 8.01. The van der Waals surface area contributed by atoms with Crippen molar-refractivity contribution in [2.75, 3.05) is 49.1 Å². The molecule has 2 fully saturated rings. The van der Waals surface area contributed by atoms with Crippen molar-refractivity contribution in [3.8, 4) is 0 Å². The maximum Gasteiger partial charge on any atom is 0.390 e. The van der Waals surface area contributed by atoms with E-state index in [1.807, 2.05) is 21.9 Å². The van der Waals surface area contributed by atoms with Crippen molar-refractivity contribution < 1.29 is 18.0 Å². The first-order valence-electron chi connectivity index (χ1n) is 11.3. The number of amides is 1. The Bertz CT molecular complexity index is 986. The van der Waals surface area contributed by atoms with E-state index in [2.05, 4.69) is 23.1 Å². The molecule has 1 amide bonds. The van der Waals surface area contributed by atoms with Crippen molar-refractivity contribution >= 4 is 28.1 Å². The van der Waals surface area contributed by atoms with Crippen LogP contribution in [0, 0.1) is 5.92 Å². The number of rotatable bonds is 5. The van der Waals surface area contributed by atoms with Gasteiger partial charge >= 0.3 is 6.18 Å². The molecule has 1 saturated carbocycles. The molecule has 0 N–H and O–H groups in total. The molecule has 3 aliphatic rings. The van der Waals surface area contributed by atoms with Crippen molar-refractivity contribution in [3.05, 3.63) is 35.9 Å². The van der Waals surface area contributed by atoms with E-state index in [9.17, 15) is 18.0 Å². The lowest BCUT2D eigenvalue weighted by molar-refractivity contribution is -0.137. The summed E-state index contributed by atoms with van der Waals surface area (Å²) in [4.78, 5) is 19.2. The minimum absolute atomic E-state index is 0.0613. The van der Waals surface area contributed by atoms with Crippen molar-refractivity contribution in [1.82, 2.24) is 4.90 Å². The predicted molar refractivity (Wildman–Crippen MR) is 117 cm³/mol. The Balaban J connectivity index is 1.39. The maximum absolute atomic E-state index is 13.1. The summed E-state index contributed by atoms with van der Waals surface area (Å²) in [7, 11) is 0. The summed E-state index contributed by atoms with van der Waals surface area (Å²) in [6.45, 7) is 3.65.